The van der Waals surface area contributed by atoms with Crippen LogP contribution in [0.1, 0.15) is 12.7 Å². The molecule has 0 aliphatic heterocycles. The lowest BCUT2D eigenvalue weighted by Crippen LogP contribution is -2.37. The molecule has 0 bridgehead atoms. The summed E-state index contributed by atoms with van der Waals surface area (Å²) >= 11 is 0. The number of hydrogen-bond acceptors (Lipinski definition) is 3. The topological polar surface area (TPSA) is 67.0 Å². The van der Waals surface area contributed by atoms with Gasteiger partial charge in [-0.15, -0.1) is 0 Å². The Hall–Kier alpha value is -2.37. The summed E-state index contributed by atoms with van der Waals surface area (Å²) in [6, 6.07) is 6.00. The number of H-pyrrole nitrogens is 1. The zero-order valence-corrected chi connectivity index (χ0v) is 11.1. The maximum atomic E-state index is 13.4. The third-order valence-electron chi connectivity index (χ3n) is 2.73. The average Bonchev–Trinajstić information content (AvgIpc) is 2.94. The second-order valence-corrected chi connectivity index (χ2v) is 4.27. The first-order chi connectivity index (χ1) is 9.66. The van der Waals surface area contributed by atoms with E-state index in [1.165, 1.54) is 12.1 Å². The molecule has 0 radical (unpaired) electrons. The molecule has 106 valence electrons. The largest absolute Gasteiger partial charge is 0.478 e. The lowest BCUT2D eigenvalue weighted by molar-refractivity contribution is -0.127. The summed E-state index contributed by atoms with van der Waals surface area (Å²) in [4.78, 5) is 18.8. The molecule has 2 rings (SSSR count). The Morgan fingerprint density at radius 2 is 2.30 bits per heavy atom. The molecule has 1 atom stereocenters. The second-order valence-electron chi connectivity index (χ2n) is 4.27. The van der Waals surface area contributed by atoms with Gasteiger partial charge in [0, 0.05) is 25.4 Å². The lowest BCUT2D eigenvalue weighted by atomic mass is 10.3. The van der Waals surface area contributed by atoms with Gasteiger partial charge in [0.1, 0.15) is 5.82 Å². The molecular weight excluding hydrogens is 261 g/mol. The van der Waals surface area contributed by atoms with Crippen LogP contribution >= 0.6 is 0 Å². The van der Waals surface area contributed by atoms with Crippen molar-refractivity contribution in [2.45, 2.75) is 19.4 Å². The Bertz CT molecular complexity index is 557. The number of halogens is 1. The molecule has 2 N–H and O–H groups in total. The number of ether oxygens (including phenoxy) is 1. The van der Waals surface area contributed by atoms with Gasteiger partial charge >= 0.3 is 0 Å². The van der Waals surface area contributed by atoms with Gasteiger partial charge in [-0.2, -0.15) is 0 Å². The van der Waals surface area contributed by atoms with Crippen molar-refractivity contribution >= 4 is 5.91 Å². The van der Waals surface area contributed by atoms with Crippen LogP contribution < -0.4 is 10.1 Å². The number of benzene rings is 1. The average molecular weight is 277 g/mol. The van der Waals surface area contributed by atoms with Gasteiger partial charge in [0.15, 0.2) is 17.7 Å². The van der Waals surface area contributed by atoms with Crippen LogP contribution in [-0.2, 0) is 11.2 Å². The van der Waals surface area contributed by atoms with Gasteiger partial charge in [0.25, 0.3) is 5.91 Å². The van der Waals surface area contributed by atoms with Crippen LogP contribution in [0.2, 0.25) is 0 Å². The Labute approximate surface area is 116 Å². The highest BCUT2D eigenvalue weighted by Crippen LogP contribution is 2.16. The van der Waals surface area contributed by atoms with Crippen molar-refractivity contribution in [1.29, 1.82) is 0 Å². The lowest BCUT2D eigenvalue weighted by Gasteiger charge is -2.14. The number of carbonyl (C=O) groups excluding carboxylic acids is 1. The summed E-state index contributed by atoms with van der Waals surface area (Å²) in [7, 11) is 0. The molecule has 0 fully saturated rings. The fourth-order valence-corrected chi connectivity index (χ4v) is 1.67. The van der Waals surface area contributed by atoms with E-state index in [2.05, 4.69) is 15.3 Å². The highest BCUT2D eigenvalue weighted by atomic mass is 19.1. The van der Waals surface area contributed by atoms with E-state index in [-0.39, 0.29) is 11.7 Å². The highest BCUT2D eigenvalue weighted by Gasteiger charge is 2.15. The maximum Gasteiger partial charge on any atom is 0.260 e. The summed E-state index contributed by atoms with van der Waals surface area (Å²) in [6.07, 6.45) is 3.22. The van der Waals surface area contributed by atoms with Crippen molar-refractivity contribution in [3.05, 3.63) is 48.3 Å². The molecule has 1 heterocycles. The molecule has 1 aromatic carbocycles. The molecular formula is C14H16FN3O2. The standard InChI is InChI=1S/C14H16FN3O2/c1-10(20-12-5-3-2-4-11(12)15)14(19)18-7-6-13-16-8-9-17-13/h2-5,8-10H,6-7H2,1H3,(H,16,17)(H,18,19). The minimum Gasteiger partial charge on any atom is -0.478 e. The smallest absolute Gasteiger partial charge is 0.260 e. The molecule has 0 aliphatic carbocycles. The number of hydrogen-bond donors (Lipinski definition) is 2. The highest BCUT2D eigenvalue weighted by molar-refractivity contribution is 5.80. The van der Waals surface area contributed by atoms with Crippen molar-refractivity contribution in [2.24, 2.45) is 0 Å². The first-order valence-corrected chi connectivity index (χ1v) is 6.34. The second kappa shape index (κ2) is 6.70. The number of rotatable bonds is 6. The maximum absolute atomic E-state index is 13.4. The molecule has 0 spiro atoms. The van der Waals surface area contributed by atoms with Gasteiger partial charge < -0.3 is 15.0 Å². The SMILES string of the molecule is CC(Oc1ccccc1F)C(=O)NCCc1ncc[nH]1. The van der Waals surface area contributed by atoms with Gasteiger partial charge in [0.05, 0.1) is 0 Å². The number of nitrogens with zero attached hydrogens (tertiary/aromatic N) is 1. The first-order valence-electron chi connectivity index (χ1n) is 6.34. The number of aromatic nitrogens is 2. The van der Waals surface area contributed by atoms with E-state index in [4.69, 9.17) is 4.74 Å². The molecule has 5 nitrogen and oxygen atoms in total. The summed E-state index contributed by atoms with van der Waals surface area (Å²) in [5.41, 5.74) is 0. The minimum atomic E-state index is -0.761. The van der Waals surface area contributed by atoms with E-state index >= 15 is 0 Å². The van der Waals surface area contributed by atoms with E-state index in [1.54, 1.807) is 31.5 Å². The zero-order chi connectivity index (χ0) is 14.4. The van der Waals surface area contributed by atoms with Crippen molar-refractivity contribution in [3.8, 4) is 5.75 Å². The fraction of sp³-hybridized carbons (Fsp3) is 0.286. The van der Waals surface area contributed by atoms with Crippen LogP contribution in [0.4, 0.5) is 4.39 Å². The molecule has 20 heavy (non-hydrogen) atoms. The van der Waals surface area contributed by atoms with Gasteiger partial charge in [-0.05, 0) is 19.1 Å². The number of carbonyl (C=O) groups is 1. The predicted molar refractivity (Wildman–Crippen MR) is 71.8 cm³/mol. The Balaban J connectivity index is 1.79. The summed E-state index contributed by atoms with van der Waals surface area (Å²) in [5.74, 6) is 0.0942. The van der Waals surface area contributed by atoms with E-state index in [9.17, 15) is 9.18 Å². The van der Waals surface area contributed by atoms with E-state index < -0.39 is 11.9 Å². The number of aromatic amines is 1. The number of para-hydroxylation sites is 1. The molecule has 6 heteroatoms. The molecule has 2 aromatic rings. The van der Waals surface area contributed by atoms with Crippen LogP contribution in [0.3, 0.4) is 0 Å². The van der Waals surface area contributed by atoms with Crippen molar-refractivity contribution in [1.82, 2.24) is 15.3 Å². The molecule has 0 aliphatic rings. The van der Waals surface area contributed by atoms with Crippen LogP contribution in [0.25, 0.3) is 0 Å². The number of amides is 1. The van der Waals surface area contributed by atoms with E-state index in [1.807, 2.05) is 0 Å². The van der Waals surface area contributed by atoms with Crippen molar-refractivity contribution in [2.75, 3.05) is 6.54 Å². The summed E-state index contributed by atoms with van der Waals surface area (Å²) in [6.45, 7) is 2.02. The Kier molecular flexibility index (Phi) is 4.70. The van der Waals surface area contributed by atoms with Gasteiger partial charge in [-0.1, -0.05) is 12.1 Å². The summed E-state index contributed by atoms with van der Waals surface area (Å²) < 4.78 is 18.7. The minimum absolute atomic E-state index is 0.0705. The quantitative estimate of drug-likeness (QED) is 0.844. The number of imidazole rings is 1. The summed E-state index contributed by atoms with van der Waals surface area (Å²) in [5, 5.41) is 2.71. The van der Waals surface area contributed by atoms with Crippen LogP contribution in [0.15, 0.2) is 36.7 Å². The monoisotopic (exact) mass is 277 g/mol. The Morgan fingerprint density at radius 3 is 3.00 bits per heavy atom. The molecule has 1 unspecified atom stereocenters. The third kappa shape index (κ3) is 3.81. The third-order valence-corrected chi connectivity index (χ3v) is 2.73. The van der Waals surface area contributed by atoms with Crippen LogP contribution in [0, 0.1) is 5.82 Å². The van der Waals surface area contributed by atoms with Crippen molar-refractivity contribution in [3.63, 3.8) is 0 Å². The fourth-order valence-electron chi connectivity index (χ4n) is 1.67. The van der Waals surface area contributed by atoms with Gasteiger partial charge in [-0.25, -0.2) is 9.37 Å². The Morgan fingerprint density at radius 1 is 1.50 bits per heavy atom. The van der Waals surface area contributed by atoms with Crippen molar-refractivity contribution < 1.29 is 13.9 Å². The van der Waals surface area contributed by atoms with Crippen LogP contribution in [0.5, 0.6) is 5.75 Å². The van der Waals surface area contributed by atoms with Crippen LogP contribution in [-0.4, -0.2) is 28.5 Å². The molecule has 1 amide bonds. The first kappa shape index (κ1) is 14.0. The molecule has 0 saturated carbocycles. The molecule has 1 aromatic heterocycles. The zero-order valence-electron chi connectivity index (χ0n) is 11.1. The number of nitrogens with one attached hydrogen (secondary N) is 2. The normalized spacial score (nSPS) is 11.9. The van der Waals surface area contributed by atoms with E-state index in [0.717, 1.165) is 5.82 Å². The molecule has 0 saturated heterocycles. The predicted octanol–water partition coefficient (Wildman–Crippen LogP) is 1.67. The van der Waals surface area contributed by atoms with Gasteiger partial charge in [-0.3, -0.25) is 4.79 Å². The van der Waals surface area contributed by atoms with Gasteiger partial charge in [0.2, 0.25) is 0 Å². The van der Waals surface area contributed by atoms with E-state index in [0.29, 0.717) is 13.0 Å².